The highest BCUT2D eigenvalue weighted by Gasteiger charge is 2.18. The molecule has 1 unspecified atom stereocenters. The molecule has 1 atom stereocenters. The summed E-state index contributed by atoms with van der Waals surface area (Å²) in [7, 11) is -1.05. The van der Waals surface area contributed by atoms with Crippen LogP contribution in [0.25, 0.3) is 0 Å². The lowest BCUT2D eigenvalue weighted by atomic mass is 9.93. The summed E-state index contributed by atoms with van der Waals surface area (Å²) in [4.78, 5) is 0.767. The quantitative estimate of drug-likeness (QED) is 0.816. The number of nitrogens with two attached hydrogens (primary N) is 1. The predicted octanol–water partition coefficient (Wildman–Crippen LogP) is 2.32. The van der Waals surface area contributed by atoms with Gasteiger partial charge in [-0.15, -0.1) is 0 Å². The van der Waals surface area contributed by atoms with Gasteiger partial charge in [0.15, 0.2) is 0 Å². The molecular weight excluding hydrogens is 220 g/mol. The predicted molar refractivity (Wildman–Crippen MR) is 66.1 cm³/mol. The average molecular weight is 236 g/mol. The summed E-state index contributed by atoms with van der Waals surface area (Å²) < 4.78 is 11.9. The number of hydrogen-bond acceptors (Lipinski definition) is 3. The van der Waals surface area contributed by atoms with Crippen molar-refractivity contribution in [3.05, 3.63) is 24.3 Å². The maximum Gasteiger partial charge on any atom is 0.0684 e. The second-order valence-corrected chi connectivity index (χ2v) is 5.94. The minimum atomic E-state index is -1.05. The molecule has 1 aromatic carbocycles. The molecule has 0 bridgehead atoms. The third-order valence-corrected chi connectivity index (χ3v) is 3.73. The number of hydrogen-bond donors (Lipinski definition) is 1. The van der Waals surface area contributed by atoms with E-state index in [0.717, 1.165) is 4.90 Å². The first kappa shape index (κ1) is 12.7. The summed E-state index contributed by atoms with van der Waals surface area (Å²) in [6.45, 7) is 3.71. The lowest BCUT2D eigenvalue weighted by Gasteiger charge is -2.14. The second kappa shape index (κ2) is 5.13. The van der Waals surface area contributed by atoms with Crippen molar-refractivity contribution < 1.29 is 4.21 Å². The topological polar surface area (TPSA) is 66.9 Å². The first-order valence-corrected chi connectivity index (χ1v) is 6.42. The summed E-state index contributed by atoms with van der Waals surface area (Å²) in [5.41, 5.74) is 5.80. The fourth-order valence-corrected chi connectivity index (χ4v) is 2.51. The molecule has 0 heterocycles. The molecule has 0 radical (unpaired) electrons. The van der Waals surface area contributed by atoms with Crippen LogP contribution in [0.15, 0.2) is 29.2 Å². The van der Waals surface area contributed by atoms with E-state index >= 15 is 0 Å². The number of anilines is 1. The molecule has 1 aromatic rings. The monoisotopic (exact) mass is 236 g/mol. The Bertz CT molecular complexity index is 418. The molecule has 86 valence electrons. The molecule has 4 heteroatoms. The van der Waals surface area contributed by atoms with Gasteiger partial charge in [0.2, 0.25) is 0 Å². The number of nitrogen functional groups attached to an aromatic ring is 1. The molecule has 16 heavy (non-hydrogen) atoms. The van der Waals surface area contributed by atoms with Crippen molar-refractivity contribution in [1.29, 1.82) is 5.26 Å². The molecule has 0 saturated heterocycles. The van der Waals surface area contributed by atoms with E-state index in [1.807, 2.05) is 13.8 Å². The van der Waals surface area contributed by atoms with E-state index < -0.39 is 16.2 Å². The van der Waals surface area contributed by atoms with Gasteiger partial charge in [0.05, 0.1) is 22.3 Å². The second-order valence-electron chi connectivity index (χ2n) is 4.36. The van der Waals surface area contributed by atoms with E-state index in [0.29, 0.717) is 17.9 Å². The van der Waals surface area contributed by atoms with Crippen LogP contribution < -0.4 is 5.73 Å². The smallest absolute Gasteiger partial charge is 0.0684 e. The molecule has 3 nitrogen and oxygen atoms in total. The van der Waals surface area contributed by atoms with Gasteiger partial charge in [-0.2, -0.15) is 5.26 Å². The van der Waals surface area contributed by atoms with Crippen LogP contribution in [0.1, 0.15) is 20.3 Å². The van der Waals surface area contributed by atoms with Crippen molar-refractivity contribution in [3.63, 3.8) is 0 Å². The summed E-state index contributed by atoms with van der Waals surface area (Å²) in [5.74, 6) is 0.504. The number of nitriles is 1. The Morgan fingerprint density at radius 3 is 2.44 bits per heavy atom. The molecular formula is C12H16N2OS. The summed E-state index contributed by atoms with van der Waals surface area (Å²) in [6, 6.07) is 9.22. The lowest BCUT2D eigenvalue weighted by molar-refractivity contribution is 0.479. The van der Waals surface area contributed by atoms with Gasteiger partial charge in [-0.25, -0.2) is 0 Å². The Morgan fingerprint density at radius 1 is 1.38 bits per heavy atom. The van der Waals surface area contributed by atoms with E-state index in [4.69, 9.17) is 11.0 Å². The Morgan fingerprint density at radius 2 is 1.94 bits per heavy atom. The Hall–Kier alpha value is -1.34. The van der Waals surface area contributed by atoms with Crippen LogP contribution in [-0.4, -0.2) is 9.96 Å². The standard InChI is InChI=1S/C12H16N2OS/c1-12(2,9-13)7-8-16(15)11-5-3-10(14)4-6-11/h3-6H,7-8,14H2,1-2H3. The van der Waals surface area contributed by atoms with Crippen LogP contribution >= 0.6 is 0 Å². The Balaban J connectivity index is 2.61. The highest BCUT2D eigenvalue weighted by molar-refractivity contribution is 7.85. The van der Waals surface area contributed by atoms with E-state index in [1.54, 1.807) is 24.3 Å². The van der Waals surface area contributed by atoms with Crippen molar-refractivity contribution in [2.45, 2.75) is 25.2 Å². The fourth-order valence-electron chi connectivity index (χ4n) is 1.14. The van der Waals surface area contributed by atoms with Crippen molar-refractivity contribution >= 4 is 16.5 Å². The third-order valence-electron chi connectivity index (χ3n) is 2.36. The van der Waals surface area contributed by atoms with E-state index in [1.165, 1.54) is 0 Å². The summed E-state index contributed by atoms with van der Waals surface area (Å²) in [5, 5.41) is 8.85. The van der Waals surface area contributed by atoms with Gasteiger partial charge in [-0.3, -0.25) is 4.21 Å². The van der Waals surface area contributed by atoms with Crippen molar-refractivity contribution in [3.8, 4) is 6.07 Å². The normalized spacial score (nSPS) is 13.1. The van der Waals surface area contributed by atoms with Gasteiger partial charge in [0, 0.05) is 16.3 Å². The van der Waals surface area contributed by atoms with Crippen molar-refractivity contribution in [2.24, 2.45) is 5.41 Å². The van der Waals surface area contributed by atoms with Crippen LogP contribution in [-0.2, 0) is 10.8 Å². The maximum atomic E-state index is 11.9. The molecule has 0 fully saturated rings. The van der Waals surface area contributed by atoms with Gasteiger partial charge in [-0.1, -0.05) is 0 Å². The minimum absolute atomic E-state index is 0.413. The number of benzene rings is 1. The molecule has 0 amide bonds. The van der Waals surface area contributed by atoms with E-state index in [2.05, 4.69) is 6.07 Å². The van der Waals surface area contributed by atoms with E-state index in [-0.39, 0.29) is 0 Å². The highest BCUT2D eigenvalue weighted by Crippen LogP contribution is 2.20. The van der Waals surface area contributed by atoms with Gasteiger partial charge in [-0.05, 0) is 44.5 Å². The SMILES string of the molecule is CC(C)(C#N)CCS(=O)c1ccc(N)cc1. The zero-order valence-corrected chi connectivity index (χ0v) is 10.4. The molecule has 0 aromatic heterocycles. The van der Waals surface area contributed by atoms with Crippen LogP contribution in [0.3, 0.4) is 0 Å². The molecule has 2 N–H and O–H groups in total. The van der Waals surface area contributed by atoms with Crippen LogP contribution in [0.5, 0.6) is 0 Å². The minimum Gasteiger partial charge on any atom is -0.399 e. The fraction of sp³-hybridized carbons (Fsp3) is 0.417. The Kier molecular flexibility index (Phi) is 4.08. The molecule has 0 saturated carbocycles. The molecule has 0 spiro atoms. The maximum absolute atomic E-state index is 11.9. The zero-order valence-electron chi connectivity index (χ0n) is 9.56. The van der Waals surface area contributed by atoms with Gasteiger partial charge >= 0.3 is 0 Å². The number of rotatable bonds is 4. The molecule has 0 aliphatic carbocycles. The van der Waals surface area contributed by atoms with Gasteiger partial charge < -0.3 is 5.73 Å². The lowest BCUT2D eigenvalue weighted by Crippen LogP contribution is -2.12. The first-order chi connectivity index (χ1) is 7.44. The Labute approximate surface area is 98.7 Å². The van der Waals surface area contributed by atoms with Crippen LogP contribution in [0.4, 0.5) is 5.69 Å². The zero-order chi connectivity index (χ0) is 12.2. The molecule has 0 aliphatic heterocycles. The molecule has 1 rings (SSSR count). The largest absolute Gasteiger partial charge is 0.399 e. The average Bonchev–Trinajstić information content (AvgIpc) is 2.27. The highest BCUT2D eigenvalue weighted by atomic mass is 32.2. The van der Waals surface area contributed by atoms with Gasteiger partial charge in [0.25, 0.3) is 0 Å². The van der Waals surface area contributed by atoms with E-state index in [9.17, 15) is 4.21 Å². The van der Waals surface area contributed by atoms with Crippen LogP contribution in [0, 0.1) is 16.7 Å². The van der Waals surface area contributed by atoms with Crippen LogP contribution in [0.2, 0.25) is 0 Å². The summed E-state index contributed by atoms with van der Waals surface area (Å²) >= 11 is 0. The van der Waals surface area contributed by atoms with Gasteiger partial charge in [0.1, 0.15) is 0 Å². The van der Waals surface area contributed by atoms with Crippen molar-refractivity contribution in [2.75, 3.05) is 11.5 Å². The van der Waals surface area contributed by atoms with Crippen molar-refractivity contribution in [1.82, 2.24) is 0 Å². The summed E-state index contributed by atoms with van der Waals surface area (Å²) in [6.07, 6.45) is 0.625. The molecule has 0 aliphatic rings. The first-order valence-electron chi connectivity index (χ1n) is 5.10. The third kappa shape index (κ3) is 3.67. The number of nitrogens with zero attached hydrogens (tertiary/aromatic N) is 1.